The van der Waals surface area contributed by atoms with E-state index in [2.05, 4.69) is 9.97 Å². The van der Waals surface area contributed by atoms with Gasteiger partial charge in [0.1, 0.15) is 5.82 Å². The minimum absolute atomic E-state index is 0.406. The first-order chi connectivity index (χ1) is 7.31. The number of nitrogen functional groups attached to an aromatic ring is 1. The Morgan fingerprint density at radius 1 is 1.56 bits per heavy atom. The number of carboxylic acid groups (broad SMARTS) is 1. The first kappa shape index (κ1) is 12.8. The van der Waals surface area contributed by atoms with Crippen LogP contribution in [0.15, 0.2) is 11.2 Å². The fourth-order valence-corrected chi connectivity index (χ4v) is 1.93. The van der Waals surface area contributed by atoms with Crippen molar-refractivity contribution in [2.24, 2.45) is 5.41 Å². The van der Waals surface area contributed by atoms with Crippen LogP contribution in [0.3, 0.4) is 0 Å². The molecule has 0 saturated heterocycles. The van der Waals surface area contributed by atoms with E-state index in [4.69, 9.17) is 10.8 Å². The van der Waals surface area contributed by atoms with E-state index < -0.39 is 11.4 Å². The Morgan fingerprint density at radius 2 is 2.19 bits per heavy atom. The zero-order valence-corrected chi connectivity index (χ0v) is 10.3. The fraction of sp³-hybridized carbons (Fsp3) is 0.500. The molecule has 88 valence electrons. The van der Waals surface area contributed by atoms with E-state index in [0.717, 1.165) is 5.69 Å². The third-order valence-electron chi connectivity index (χ3n) is 1.99. The smallest absolute Gasteiger partial charge is 0.309 e. The highest BCUT2D eigenvalue weighted by Gasteiger charge is 2.27. The van der Waals surface area contributed by atoms with Crippen molar-refractivity contribution in [2.45, 2.75) is 25.9 Å². The van der Waals surface area contributed by atoms with Gasteiger partial charge in [-0.1, -0.05) is 11.8 Å². The van der Waals surface area contributed by atoms with Gasteiger partial charge in [-0.3, -0.25) is 4.79 Å². The molecule has 0 aliphatic rings. The third kappa shape index (κ3) is 3.37. The Bertz CT molecular complexity index is 387. The van der Waals surface area contributed by atoms with E-state index >= 15 is 0 Å². The Hall–Kier alpha value is -1.30. The summed E-state index contributed by atoms with van der Waals surface area (Å²) in [6.45, 7) is 5.16. The Labute approximate surface area is 98.5 Å². The molecule has 0 atom stereocenters. The summed E-state index contributed by atoms with van der Waals surface area (Å²) in [7, 11) is 0. The molecule has 0 radical (unpaired) electrons. The molecule has 1 heterocycles. The predicted octanol–water partition coefficient (Wildman–Crippen LogP) is 1.57. The van der Waals surface area contributed by atoms with Gasteiger partial charge < -0.3 is 10.8 Å². The number of rotatable bonds is 4. The van der Waals surface area contributed by atoms with Crippen molar-refractivity contribution in [3.8, 4) is 0 Å². The molecule has 1 rings (SSSR count). The zero-order valence-electron chi connectivity index (χ0n) is 9.52. The Morgan fingerprint density at radius 3 is 2.69 bits per heavy atom. The molecule has 0 saturated carbocycles. The minimum Gasteiger partial charge on any atom is -0.481 e. The average Bonchev–Trinajstić information content (AvgIpc) is 2.13. The van der Waals surface area contributed by atoms with Gasteiger partial charge in [0.15, 0.2) is 5.16 Å². The minimum atomic E-state index is -0.833. The summed E-state index contributed by atoms with van der Waals surface area (Å²) in [6.07, 6.45) is 0. The molecule has 0 bridgehead atoms. The fourth-order valence-electron chi connectivity index (χ4n) is 0.936. The van der Waals surface area contributed by atoms with Gasteiger partial charge in [0, 0.05) is 17.5 Å². The molecule has 0 unspecified atom stereocenters. The number of nitrogens with two attached hydrogens (primary N) is 1. The van der Waals surface area contributed by atoms with Gasteiger partial charge in [0.25, 0.3) is 0 Å². The zero-order chi connectivity index (χ0) is 12.3. The molecule has 0 amide bonds. The highest BCUT2D eigenvalue weighted by molar-refractivity contribution is 7.99. The topological polar surface area (TPSA) is 89.1 Å². The van der Waals surface area contributed by atoms with E-state index in [-0.39, 0.29) is 0 Å². The molecule has 1 aromatic heterocycles. The number of aliphatic carboxylic acids is 1. The van der Waals surface area contributed by atoms with Crippen molar-refractivity contribution in [3.05, 3.63) is 11.8 Å². The maximum atomic E-state index is 10.9. The molecule has 5 nitrogen and oxygen atoms in total. The van der Waals surface area contributed by atoms with Crippen molar-refractivity contribution in [3.63, 3.8) is 0 Å². The molecule has 0 fully saturated rings. The lowest BCUT2D eigenvalue weighted by Crippen LogP contribution is -2.26. The van der Waals surface area contributed by atoms with Gasteiger partial charge in [-0.2, -0.15) is 0 Å². The van der Waals surface area contributed by atoms with Gasteiger partial charge >= 0.3 is 5.97 Å². The number of aryl methyl sites for hydroxylation is 1. The van der Waals surface area contributed by atoms with E-state index in [0.29, 0.717) is 16.7 Å². The van der Waals surface area contributed by atoms with Gasteiger partial charge in [0.05, 0.1) is 5.41 Å². The highest BCUT2D eigenvalue weighted by Crippen LogP contribution is 2.26. The number of hydrogen-bond acceptors (Lipinski definition) is 5. The molecule has 6 heteroatoms. The van der Waals surface area contributed by atoms with Crippen molar-refractivity contribution >= 4 is 23.5 Å². The normalized spacial score (nSPS) is 11.4. The summed E-state index contributed by atoms with van der Waals surface area (Å²) in [5.74, 6) is -0.0191. The summed E-state index contributed by atoms with van der Waals surface area (Å²) in [6, 6.07) is 1.67. The van der Waals surface area contributed by atoms with Crippen LogP contribution in [0, 0.1) is 12.3 Å². The number of aromatic nitrogens is 2. The van der Waals surface area contributed by atoms with Crippen molar-refractivity contribution in [2.75, 3.05) is 11.5 Å². The van der Waals surface area contributed by atoms with Crippen LogP contribution in [-0.4, -0.2) is 26.8 Å². The van der Waals surface area contributed by atoms with Crippen molar-refractivity contribution in [1.29, 1.82) is 0 Å². The van der Waals surface area contributed by atoms with Crippen molar-refractivity contribution in [1.82, 2.24) is 9.97 Å². The lowest BCUT2D eigenvalue weighted by Gasteiger charge is -2.17. The largest absolute Gasteiger partial charge is 0.481 e. The summed E-state index contributed by atoms with van der Waals surface area (Å²) in [5, 5.41) is 9.47. The highest BCUT2D eigenvalue weighted by atomic mass is 32.2. The summed E-state index contributed by atoms with van der Waals surface area (Å²) < 4.78 is 0. The first-order valence-corrected chi connectivity index (χ1v) is 5.77. The van der Waals surface area contributed by atoms with Crippen LogP contribution in [0.1, 0.15) is 19.5 Å². The number of anilines is 1. The standard InChI is InChI=1S/C10H15N3O2S/c1-6-4-7(11)13-9(12-6)16-5-10(2,3)8(14)15/h4H,5H2,1-3H3,(H,14,15)(H2,11,12,13). The number of nitrogens with zero attached hydrogens (tertiary/aromatic N) is 2. The maximum Gasteiger partial charge on any atom is 0.309 e. The third-order valence-corrected chi connectivity index (χ3v) is 3.30. The van der Waals surface area contributed by atoms with Gasteiger partial charge in [-0.05, 0) is 20.8 Å². The van der Waals surface area contributed by atoms with Gasteiger partial charge in [-0.25, -0.2) is 9.97 Å². The Kier molecular flexibility index (Phi) is 3.74. The van der Waals surface area contributed by atoms with E-state index in [9.17, 15) is 4.79 Å². The van der Waals surface area contributed by atoms with Crippen LogP contribution in [-0.2, 0) is 4.79 Å². The van der Waals surface area contributed by atoms with Crippen LogP contribution >= 0.6 is 11.8 Å². The molecular formula is C10H15N3O2S. The van der Waals surface area contributed by atoms with E-state index in [1.165, 1.54) is 11.8 Å². The monoisotopic (exact) mass is 241 g/mol. The second-order valence-corrected chi connectivity index (χ2v) is 5.14. The lowest BCUT2D eigenvalue weighted by molar-refractivity contribution is -0.145. The van der Waals surface area contributed by atoms with Crippen LogP contribution in [0.5, 0.6) is 0 Å². The van der Waals surface area contributed by atoms with Gasteiger partial charge in [0.2, 0.25) is 0 Å². The molecule has 0 aliphatic carbocycles. The second-order valence-electron chi connectivity index (χ2n) is 4.19. The number of carboxylic acids is 1. The number of thioether (sulfide) groups is 1. The number of hydrogen-bond donors (Lipinski definition) is 2. The predicted molar refractivity (Wildman–Crippen MR) is 63.3 cm³/mol. The van der Waals surface area contributed by atoms with Crippen LogP contribution in [0.4, 0.5) is 5.82 Å². The molecule has 16 heavy (non-hydrogen) atoms. The van der Waals surface area contributed by atoms with Crippen molar-refractivity contribution < 1.29 is 9.90 Å². The van der Waals surface area contributed by atoms with E-state index in [1.807, 2.05) is 6.92 Å². The molecular weight excluding hydrogens is 226 g/mol. The van der Waals surface area contributed by atoms with E-state index in [1.54, 1.807) is 19.9 Å². The molecule has 3 N–H and O–H groups in total. The Balaban J connectivity index is 2.71. The molecule has 0 spiro atoms. The van der Waals surface area contributed by atoms with Crippen LogP contribution < -0.4 is 5.73 Å². The second kappa shape index (κ2) is 4.69. The maximum absolute atomic E-state index is 10.9. The molecule has 0 aliphatic heterocycles. The van der Waals surface area contributed by atoms with Crippen LogP contribution in [0.2, 0.25) is 0 Å². The first-order valence-electron chi connectivity index (χ1n) is 4.78. The summed E-state index contributed by atoms with van der Waals surface area (Å²) in [5.41, 5.74) is 5.56. The summed E-state index contributed by atoms with van der Waals surface area (Å²) >= 11 is 1.30. The average molecular weight is 241 g/mol. The van der Waals surface area contributed by atoms with Crippen LogP contribution in [0.25, 0.3) is 0 Å². The molecule has 0 aromatic carbocycles. The lowest BCUT2D eigenvalue weighted by atomic mass is 9.97. The quantitative estimate of drug-likeness (QED) is 0.614. The molecule has 1 aromatic rings. The van der Waals surface area contributed by atoms with Gasteiger partial charge in [-0.15, -0.1) is 0 Å². The number of carbonyl (C=O) groups is 1. The summed E-state index contributed by atoms with van der Waals surface area (Å²) in [4.78, 5) is 19.1. The SMILES string of the molecule is Cc1cc(N)nc(SCC(C)(C)C(=O)O)n1.